The number of aryl methyl sites for hydroxylation is 1. The summed E-state index contributed by atoms with van der Waals surface area (Å²) in [6.07, 6.45) is 1.24. The Kier molecular flexibility index (Phi) is 4.02. The molecule has 0 aromatic heterocycles. The van der Waals surface area contributed by atoms with Gasteiger partial charge in [0.15, 0.2) is 0 Å². The highest BCUT2D eigenvalue weighted by Crippen LogP contribution is 2.22. The summed E-state index contributed by atoms with van der Waals surface area (Å²) in [5, 5.41) is 3.41. The number of rotatable bonds is 4. The summed E-state index contributed by atoms with van der Waals surface area (Å²) in [7, 11) is 3.94. The van der Waals surface area contributed by atoms with E-state index < -0.39 is 0 Å². The molecule has 1 atom stereocenters. The Morgan fingerprint density at radius 2 is 2.29 bits per heavy atom. The van der Waals surface area contributed by atoms with Crippen LogP contribution in [0.15, 0.2) is 18.2 Å². The molecule has 0 amide bonds. The molecule has 3 nitrogen and oxygen atoms in total. The summed E-state index contributed by atoms with van der Waals surface area (Å²) < 4.78 is 5.42. The van der Waals surface area contributed by atoms with Crippen LogP contribution in [0.2, 0.25) is 0 Å². The van der Waals surface area contributed by atoms with Gasteiger partial charge in [0.25, 0.3) is 0 Å². The van der Waals surface area contributed by atoms with E-state index in [1.54, 1.807) is 7.11 Å². The smallest absolute Gasteiger partial charge is 0.123 e. The Labute approximate surface area is 104 Å². The normalized spacial score (nSPS) is 19.9. The minimum Gasteiger partial charge on any atom is -0.496 e. The van der Waals surface area contributed by atoms with E-state index in [-0.39, 0.29) is 0 Å². The molecule has 1 aliphatic heterocycles. The minimum atomic E-state index is 0.653. The van der Waals surface area contributed by atoms with Crippen molar-refractivity contribution in [1.29, 1.82) is 0 Å². The van der Waals surface area contributed by atoms with E-state index in [0.717, 1.165) is 25.4 Å². The van der Waals surface area contributed by atoms with Crippen LogP contribution in [0, 0.1) is 6.92 Å². The van der Waals surface area contributed by atoms with Crippen molar-refractivity contribution in [1.82, 2.24) is 10.2 Å². The summed E-state index contributed by atoms with van der Waals surface area (Å²) in [5.41, 5.74) is 2.57. The molecule has 0 saturated carbocycles. The number of hydrogen-bond acceptors (Lipinski definition) is 3. The van der Waals surface area contributed by atoms with Crippen molar-refractivity contribution in [2.24, 2.45) is 0 Å². The van der Waals surface area contributed by atoms with Crippen LogP contribution in [0.25, 0.3) is 0 Å². The number of likely N-dealkylation sites (N-methyl/N-ethyl adjacent to an activating group) is 1. The minimum absolute atomic E-state index is 0.653. The molecule has 1 aliphatic rings. The monoisotopic (exact) mass is 234 g/mol. The van der Waals surface area contributed by atoms with Gasteiger partial charge in [-0.05, 0) is 33.0 Å². The lowest BCUT2D eigenvalue weighted by atomic mass is 10.1. The number of nitrogens with zero attached hydrogens (tertiary/aromatic N) is 1. The Hall–Kier alpha value is -1.06. The zero-order chi connectivity index (χ0) is 12.3. The molecule has 1 N–H and O–H groups in total. The molecule has 1 fully saturated rings. The van der Waals surface area contributed by atoms with Gasteiger partial charge in [0.2, 0.25) is 0 Å². The van der Waals surface area contributed by atoms with Gasteiger partial charge >= 0.3 is 0 Å². The van der Waals surface area contributed by atoms with Crippen molar-refractivity contribution in [3.05, 3.63) is 29.3 Å². The highest BCUT2D eigenvalue weighted by Gasteiger charge is 2.19. The molecule has 1 aromatic rings. The topological polar surface area (TPSA) is 24.5 Å². The van der Waals surface area contributed by atoms with Gasteiger partial charge in [-0.1, -0.05) is 17.7 Å². The fourth-order valence-electron chi connectivity index (χ4n) is 2.44. The predicted octanol–water partition coefficient (Wildman–Crippen LogP) is 1.80. The van der Waals surface area contributed by atoms with Gasteiger partial charge in [-0.15, -0.1) is 0 Å². The third-order valence-electron chi connectivity index (χ3n) is 3.51. The van der Waals surface area contributed by atoms with Gasteiger partial charge in [0.1, 0.15) is 5.75 Å². The van der Waals surface area contributed by atoms with Crippen LogP contribution in [0.4, 0.5) is 0 Å². The van der Waals surface area contributed by atoms with Gasteiger partial charge in [-0.3, -0.25) is 4.90 Å². The third kappa shape index (κ3) is 2.99. The summed E-state index contributed by atoms with van der Waals surface area (Å²) in [6, 6.07) is 7.03. The number of nitrogens with one attached hydrogen (secondary N) is 1. The first-order valence-electron chi connectivity index (χ1n) is 6.25. The largest absolute Gasteiger partial charge is 0.496 e. The summed E-state index contributed by atoms with van der Waals surface area (Å²) in [4.78, 5) is 2.41. The fourth-order valence-corrected chi connectivity index (χ4v) is 2.44. The van der Waals surface area contributed by atoms with Gasteiger partial charge in [-0.25, -0.2) is 0 Å². The van der Waals surface area contributed by atoms with Gasteiger partial charge in [0.05, 0.1) is 7.11 Å². The van der Waals surface area contributed by atoms with E-state index in [9.17, 15) is 0 Å². The molecule has 1 heterocycles. The molecule has 0 aliphatic carbocycles. The SMILES string of the molecule is COc1ccc(C)cc1CN(C)C1CCNC1. The second-order valence-corrected chi connectivity index (χ2v) is 4.88. The van der Waals surface area contributed by atoms with Gasteiger partial charge < -0.3 is 10.1 Å². The van der Waals surface area contributed by atoms with Crippen LogP contribution in [0.3, 0.4) is 0 Å². The second-order valence-electron chi connectivity index (χ2n) is 4.88. The number of methoxy groups -OCH3 is 1. The maximum absolute atomic E-state index is 5.42. The average Bonchev–Trinajstić information content (AvgIpc) is 2.83. The van der Waals surface area contributed by atoms with Crippen molar-refractivity contribution in [3.8, 4) is 5.75 Å². The number of hydrogen-bond donors (Lipinski definition) is 1. The molecule has 0 radical (unpaired) electrons. The van der Waals surface area contributed by atoms with Crippen molar-refractivity contribution in [3.63, 3.8) is 0 Å². The molecule has 17 heavy (non-hydrogen) atoms. The molecule has 3 heteroatoms. The second kappa shape index (κ2) is 5.52. The standard InChI is InChI=1S/C14H22N2O/c1-11-4-5-14(17-3)12(8-11)10-16(2)13-6-7-15-9-13/h4-5,8,13,15H,6-7,9-10H2,1-3H3. The number of benzene rings is 1. The molecule has 1 aromatic carbocycles. The Morgan fingerprint density at radius 3 is 2.94 bits per heavy atom. The first kappa shape index (κ1) is 12.4. The van der Waals surface area contributed by atoms with Crippen LogP contribution in [0.5, 0.6) is 5.75 Å². The third-order valence-corrected chi connectivity index (χ3v) is 3.51. The average molecular weight is 234 g/mol. The molecule has 1 saturated heterocycles. The maximum atomic E-state index is 5.42. The lowest BCUT2D eigenvalue weighted by Gasteiger charge is -2.24. The Morgan fingerprint density at radius 1 is 1.47 bits per heavy atom. The molecule has 2 rings (SSSR count). The lowest BCUT2D eigenvalue weighted by molar-refractivity contribution is 0.245. The zero-order valence-electron chi connectivity index (χ0n) is 11.0. The van der Waals surface area contributed by atoms with E-state index in [1.165, 1.54) is 17.5 Å². The van der Waals surface area contributed by atoms with Crippen LogP contribution >= 0.6 is 0 Å². The van der Waals surface area contributed by atoms with Crippen LogP contribution < -0.4 is 10.1 Å². The molecule has 94 valence electrons. The van der Waals surface area contributed by atoms with E-state index in [4.69, 9.17) is 4.74 Å². The molecular weight excluding hydrogens is 212 g/mol. The Balaban J connectivity index is 2.08. The first-order valence-corrected chi connectivity index (χ1v) is 6.25. The van der Waals surface area contributed by atoms with Crippen LogP contribution in [-0.2, 0) is 6.54 Å². The molecule has 0 spiro atoms. The lowest BCUT2D eigenvalue weighted by Crippen LogP contribution is -2.32. The highest BCUT2D eigenvalue weighted by molar-refractivity contribution is 5.36. The van der Waals surface area contributed by atoms with Crippen LogP contribution in [-0.4, -0.2) is 38.2 Å². The van der Waals surface area contributed by atoms with Crippen molar-refractivity contribution < 1.29 is 4.74 Å². The molecular formula is C14H22N2O. The first-order chi connectivity index (χ1) is 8.20. The van der Waals surface area contributed by atoms with E-state index in [1.807, 2.05) is 0 Å². The molecule has 1 unspecified atom stereocenters. The fraction of sp³-hybridized carbons (Fsp3) is 0.571. The van der Waals surface area contributed by atoms with Crippen molar-refractivity contribution in [2.75, 3.05) is 27.2 Å². The number of ether oxygens (including phenoxy) is 1. The molecule has 0 bridgehead atoms. The quantitative estimate of drug-likeness (QED) is 0.859. The predicted molar refractivity (Wildman–Crippen MR) is 70.5 cm³/mol. The van der Waals surface area contributed by atoms with Gasteiger partial charge in [-0.2, -0.15) is 0 Å². The highest BCUT2D eigenvalue weighted by atomic mass is 16.5. The summed E-state index contributed by atoms with van der Waals surface area (Å²) in [6.45, 7) is 5.32. The van der Waals surface area contributed by atoms with Crippen molar-refractivity contribution >= 4 is 0 Å². The van der Waals surface area contributed by atoms with E-state index >= 15 is 0 Å². The van der Waals surface area contributed by atoms with E-state index in [0.29, 0.717) is 6.04 Å². The van der Waals surface area contributed by atoms with Crippen molar-refractivity contribution in [2.45, 2.75) is 25.9 Å². The van der Waals surface area contributed by atoms with Gasteiger partial charge in [0, 0.05) is 24.7 Å². The zero-order valence-corrected chi connectivity index (χ0v) is 11.0. The maximum Gasteiger partial charge on any atom is 0.123 e. The van der Waals surface area contributed by atoms with Crippen LogP contribution in [0.1, 0.15) is 17.5 Å². The Bertz CT molecular complexity index is 372. The van der Waals surface area contributed by atoms with E-state index in [2.05, 4.69) is 42.4 Å². The summed E-state index contributed by atoms with van der Waals surface area (Å²) >= 11 is 0. The summed E-state index contributed by atoms with van der Waals surface area (Å²) in [5.74, 6) is 0.994.